The number of ether oxygens (including phenoxy) is 1. The first-order valence-corrected chi connectivity index (χ1v) is 9.81. The second kappa shape index (κ2) is 14.0. The van der Waals surface area contributed by atoms with E-state index in [9.17, 15) is 5.11 Å². The second-order valence-corrected chi connectivity index (χ2v) is 6.60. The SMILES string of the molecule is CCNC(=NCc1ccc(N2CCC(CO)CC2)cc1)NCCOCC.I. The van der Waals surface area contributed by atoms with Gasteiger partial charge in [0.15, 0.2) is 5.96 Å². The highest BCUT2D eigenvalue weighted by atomic mass is 127. The van der Waals surface area contributed by atoms with Crippen molar-refractivity contribution in [1.29, 1.82) is 0 Å². The van der Waals surface area contributed by atoms with Crippen molar-refractivity contribution in [1.82, 2.24) is 10.6 Å². The molecule has 3 N–H and O–H groups in total. The maximum absolute atomic E-state index is 9.26. The van der Waals surface area contributed by atoms with Gasteiger partial charge >= 0.3 is 0 Å². The lowest BCUT2D eigenvalue weighted by atomic mass is 9.97. The number of guanidine groups is 1. The summed E-state index contributed by atoms with van der Waals surface area (Å²) in [6.45, 7) is 10.1. The van der Waals surface area contributed by atoms with Crippen molar-refractivity contribution in [3.63, 3.8) is 0 Å². The topological polar surface area (TPSA) is 69.1 Å². The molecule has 1 aliphatic rings. The molecule has 1 aromatic rings. The van der Waals surface area contributed by atoms with Gasteiger partial charge in [-0.05, 0) is 50.3 Å². The van der Waals surface area contributed by atoms with Crippen molar-refractivity contribution in [3.05, 3.63) is 29.8 Å². The molecule has 7 heteroatoms. The number of piperidine rings is 1. The Hall–Kier alpha value is -1.06. The maximum atomic E-state index is 9.26. The number of halogens is 1. The van der Waals surface area contributed by atoms with Crippen molar-refractivity contribution < 1.29 is 9.84 Å². The summed E-state index contributed by atoms with van der Waals surface area (Å²) in [5.41, 5.74) is 2.46. The molecule has 27 heavy (non-hydrogen) atoms. The van der Waals surface area contributed by atoms with Crippen molar-refractivity contribution in [2.75, 3.05) is 50.9 Å². The Kier molecular flexibility index (Phi) is 12.4. The predicted molar refractivity (Wildman–Crippen MR) is 123 cm³/mol. The molecule has 0 saturated carbocycles. The second-order valence-electron chi connectivity index (χ2n) is 6.60. The molecule has 0 radical (unpaired) electrons. The standard InChI is InChI=1S/C20H34N4O2.HI/c1-3-21-20(22-11-14-26-4-2)23-15-17-5-7-19(8-6-17)24-12-9-18(16-25)10-13-24;/h5-8,18,25H,3-4,9-16H2,1-2H3,(H2,21,22,23);1H. The van der Waals surface area contributed by atoms with Gasteiger partial charge in [0.2, 0.25) is 0 Å². The molecule has 6 nitrogen and oxygen atoms in total. The molecule has 0 aliphatic carbocycles. The van der Waals surface area contributed by atoms with Crippen LogP contribution in [0.4, 0.5) is 5.69 Å². The highest BCUT2D eigenvalue weighted by Crippen LogP contribution is 2.23. The van der Waals surface area contributed by atoms with E-state index >= 15 is 0 Å². The Labute approximate surface area is 180 Å². The third kappa shape index (κ3) is 8.66. The van der Waals surface area contributed by atoms with E-state index in [0.29, 0.717) is 25.7 Å². The normalized spacial score (nSPS) is 15.4. The fourth-order valence-electron chi connectivity index (χ4n) is 3.08. The van der Waals surface area contributed by atoms with E-state index in [0.717, 1.165) is 51.6 Å². The average molecular weight is 490 g/mol. The van der Waals surface area contributed by atoms with E-state index in [4.69, 9.17) is 4.74 Å². The van der Waals surface area contributed by atoms with Crippen LogP contribution in [0.1, 0.15) is 32.3 Å². The molecule has 0 unspecified atom stereocenters. The van der Waals surface area contributed by atoms with Gasteiger partial charge in [0.1, 0.15) is 0 Å². The van der Waals surface area contributed by atoms with Gasteiger partial charge in [-0.1, -0.05) is 12.1 Å². The van der Waals surface area contributed by atoms with Crippen LogP contribution < -0.4 is 15.5 Å². The van der Waals surface area contributed by atoms with Gasteiger partial charge in [-0.2, -0.15) is 0 Å². The molecule has 1 aliphatic heterocycles. The van der Waals surface area contributed by atoms with Crippen molar-refractivity contribution in [2.24, 2.45) is 10.9 Å². The fourth-order valence-corrected chi connectivity index (χ4v) is 3.08. The van der Waals surface area contributed by atoms with Gasteiger partial charge in [-0.15, -0.1) is 24.0 Å². The number of rotatable bonds is 9. The van der Waals surface area contributed by atoms with Crippen molar-refractivity contribution >= 4 is 35.6 Å². The summed E-state index contributed by atoms with van der Waals surface area (Å²) in [7, 11) is 0. The highest BCUT2D eigenvalue weighted by molar-refractivity contribution is 14.0. The molecule has 0 atom stereocenters. The van der Waals surface area contributed by atoms with Crippen LogP contribution in [-0.2, 0) is 11.3 Å². The lowest BCUT2D eigenvalue weighted by molar-refractivity contribution is 0.152. The number of aliphatic imine (C=N–C) groups is 1. The summed E-state index contributed by atoms with van der Waals surface area (Å²) in [5, 5.41) is 15.8. The minimum Gasteiger partial charge on any atom is -0.396 e. The third-order valence-electron chi connectivity index (χ3n) is 4.68. The van der Waals surface area contributed by atoms with E-state index in [1.807, 2.05) is 6.92 Å². The van der Waals surface area contributed by atoms with Crippen LogP contribution in [-0.4, -0.2) is 57.1 Å². The largest absolute Gasteiger partial charge is 0.396 e. The molecular formula is C20H35IN4O2. The molecule has 154 valence electrons. The van der Waals surface area contributed by atoms with E-state index < -0.39 is 0 Å². The number of aliphatic hydroxyl groups excluding tert-OH is 1. The Morgan fingerprint density at radius 1 is 1.19 bits per heavy atom. The molecule has 0 spiro atoms. The van der Waals surface area contributed by atoms with Gasteiger partial charge in [-0.25, -0.2) is 4.99 Å². The number of anilines is 1. The minimum atomic E-state index is 0. The zero-order valence-corrected chi connectivity index (χ0v) is 18.9. The zero-order chi connectivity index (χ0) is 18.6. The van der Waals surface area contributed by atoms with Crippen LogP contribution in [0.15, 0.2) is 29.3 Å². The summed E-state index contributed by atoms with van der Waals surface area (Å²) in [5.74, 6) is 1.29. The Balaban J connectivity index is 0.00000364. The fraction of sp³-hybridized carbons (Fsp3) is 0.650. The molecule has 0 amide bonds. The number of aliphatic hydroxyl groups is 1. The van der Waals surface area contributed by atoms with Crippen LogP contribution in [0.25, 0.3) is 0 Å². The molecule has 1 saturated heterocycles. The van der Waals surface area contributed by atoms with E-state index in [-0.39, 0.29) is 24.0 Å². The average Bonchev–Trinajstić information content (AvgIpc) is 2.70. The number of hydrogen-bond acceptors (Lipinski definition) is 4. The summed E-state index contributed by atoms with van der Waals surface area (Å²) in [6, 6.07) is 8.67. The van der Waals surface area contributed by atoms with Gasteiger partial charge in [0.05, 0.1) is 13.2 Å². The van der Waals surface area contributed by atoms with Crippen LogP contribution >= 0.6 is 24.0 Å². The first-order valence-electron chi connectivity index (χ1n) is 9.81. The molecule has 2 rings (SSSR count). The third-order valence-corrected chi connectivity index (χ3v) is 4.68. The number of hydrogen-bond donors (Lipinski definition) is 3. The molecule has 1 aromatic carbocycles. The first-order chi connectivity index (χ1) is 12.8. The summed E-state index contributed by atoms with van der Waals surface area (Å²) in [6.07, 6.45) is 2.14. The van der Waals surface area contributed by atoms with Crippen molar-refractivity contribution in [2.45, 2.75) is 33.2 Å². The predicted octanol–water partition coefficient (Wildman–Crippen LogP) is 2.60. The van der Waals surface area contributed by atoms with Crippen LogP contribution in [0.5, 0.6) is 0 Å². The smallest absolute Gasteiger partial charge is 0.191 e. The number of nitrogens with one attached hydrogen (secondary N) is 2. The molecule has 1 fully saturated rings. The monoisotopic (exact) mass is 490 g/mol. The number of nitrogens with zero attached hydrogens (tertiary/aromatic N) is 2. The lowest BCUT2D eigenvalue weighted by Gasteiger charge is -2.32. The summed E-state index contributed by atoms with van der Waals surface area (Å²) >= 11 is 0. The molecule has 1 heterocycles. The lowest BCUT2D eigenvalue weighted by Crippen LogP contribution is -2.39. The van der Waals surface area contributed by atoms with Gasteiger partial charge in [0.25, 0.3) is 0 Å². The van der Waals surface area contributed by atoms with Crippen LogP contribution in [0, 0.1) is 5.92 Å². The Morgan fingerprint density at radius 3 is 2.48 bits per heavy atom. The van der Waals surface area contributed by atoms with E-state index in [1.165, 1.54) is 11.3 Å². The highest BCUT2D eigenvalue weighted by Gasteiger charge is 2.18. The van der Waals surface area contributed by atoms with E-state index in [2.05, 4.69) is 51.7 Å². The van der Waals surface area contributed by atoms with E-state index in [1.54, 1.807) is 0 Å². The summed E-state index contributed by atoms with van der Waals surface area (Å²) < 4.78 is 5.35. The van der Waals surface area contributed by atoms with Crippen LogP contribution in [0.3, 0.4) is 0 Å². The van der Waals surface area contributed by atoms with Gasteiger partial charge < -0.3 is 25.4 Å². The molecule has 0 aromatic heterocycles. The van der Waals surface area contributed by atoms with Gasteiger partial charge in [0, 0.05) is 45.1 Å². The van der Waals surface area contributed by atoms with Crippen molar-refractivity contribution in [3.8, 4) is 0 Å². The zero-order valence-electron chi connectivity index (χ0n) is 16.6. The Morgan fingerprint density at radius 2 is 1.89 bits per heavy atom. The quantitative estimate of drug-likeness (QED) is 0.215. The first kappa shape index (κ1) is 24.0. The number of benzene rings is 1. The Bertz CT molecular complexity index is 531. The molecule has 0 bridgehead atoms. The summed E-state index contributed by atoms with van der Waals surface area (Å²) in [4.78, 5) is 7.04. The minimum absolute atomic E-state index is 0. The van der Waals surface area contributed by atoms with Crippen LogP contribution in [0.2, 0.25) is 0 Å². The van der Waals surface area contributed by atoms with Gasteiger partial charge in [-0.3, -0.25) is 0 Å². The molecular weight excluding hydrogens is 455 g/mol. The maximum Gasteiger partial charge on any atom is 0.191 e.